The summed E-state index contributed by atoms with van der Waals surface area (Å²) in [6.07, 6.45) is 0.582. The van der Waals surface area contributed by atoms with E-state index in [0.29, 0.717) is 17.2 Å². The molecule has 23 heavy (non-hydrogen) atoms. The average molecular weight is 328 g/mol. The number of ether oxygens (including phenoxy) is 1. The van der Waals surface area contributed by atoms with Crippen molar-refractivity contribution in [2.75, 3.05) is 13.7 Å². The number of nitrogens with zero attached hydrogens (tertiary/aromatic N) is 1. The van der Waals surface area contributed by atoms with Gasteiger partial charge in [0.15, 0.2) is 0 Å². The number of methoxy groups -OCH3 is 1. The highest BCUT2D eigenvalue weighted by atomic mass is 35.5. The van der Waals surface area contributed by atoms with Crippen LogP contribution in [0.3, 0.4) is 0 Å². The fourth-order valence-corrected chi connectivity index (χ4v) is 3.10. The van der Waals surface area contributed by atoms with Gasteiger partial charge in [0.1, 0.15) is 5.75 Å². The second-order valence-corrected chi connectivity index (χ2v) is 5.81. The van der Waals surface area contributed by atoms with Crippen LogP contribution in [0.25, 0.3) is 22.2 Å². The lowest BCUT2D eigenvalue weighted by Gasteiger charge is -2.12. The Morgan fingerprint density at radius 2 is 1.96 bits per heavy atom. The van der Waals surface area contributed by atoms with Gasteiger partial charge in [-0.1, -0.05) is 41.9 Å². The number of aryl methyl sites for hydroxylation is 1. The SMILES string of the molecule is COc1cccc(-c2cc(C)c3cccc(CCO)c3n2)c1Cl. The molecule has 1 N–H and O–H groups in total. The molecule has 0 saturated carbocycles. The molecule has 0 radical (unpaired) electrons. The standard InChI is InChI=1S/C19H18ClNO2/c1-12-11-16(15-7-4-8-17(23-2)18(15)20)21-19-13(9-10-22)5-3-6-14(12)19/h3-8,11,22H,9-10H2,1-2H3. The van der Waals surface area contributed by atoms with Crippen molar-refractivity contribution in [2.24, 2.45) is 0 Å². The van der Waals surface area contributed by atoms with Crippen LogP contribution in [0.5, 0.6) is 5.75 Å². The molecule has 0 aliphatic rings. The van der Waals surface area contributed by atoms with Crippen LogP contribution in [0, 0.1) is 6.92 Å². The van der Waals surface area contributed by atoms with Crippen LogP contribution >= 0.6 is 11.6 Å². The molecule has 0 amide bonds. The number of aromatic nitrogens is 1. The molecule has 0 unspecified atom stereocenters. The molecular weight excluding hydrogens is 310 g/mol. The first-order valence-corrected chi connectivity index (χ1v) is 7.86. The summed E-state index contributed by atoms with van der Waals surface area (Å²) in [5.41, 5.74) is 4.73. The van der Waals surface area contributed by atoms with Gasteiger partial charge in [-0.25, -0.2) is 4.98 Å². The molecule has 3 nitrogen and oxygen atoms in total. The van der Waals surface area contributed by atoms with E-state index < -0.39 is 0 Å². The van der Waals surface area contributed by atoms with E-state index in [9.17, 15) is 5.11 Å². The zero-order valence-corrected chi connectivity index (χ0v) is 13.9. The molecular formula is C19H18ClNO2. The number of rotatable bonds is 4. The fourth-order valence-electron chi connectivity index (χ4n) is 2.80. The van der Waals surface area contributed by atoms with Crippen molar-refractivity contribution in [1.82, 2.24) is 4.98 Å². The smallest absolute Gasteiger partial charge is 0.138 e. The van der Waals surface area contributed by atoms with Crippen molar-refractivity contribution < 1.29 is 9.84 Å². The molecule has 4 heteroatoms. The normalized spacial score (nSPS) is 11.0. The predicted molar refractivity (Wildman–Crippen MR) is 94.3 cm³/mol. The Labute approximate surface area is 140 Å². The van der Waals surface area contributed by atoms with Crippen LogP contribution < -0.4 is 4.74 Å². The molecule has 3 aromatic rings. The average Bonchev–Trinajstić information content (AvgIpc) is 2.56. The topological polar surface area (TPSA) is 42.4 Å². The summed E-state index contributed by atoms with van der Waals surface area (Å²) >= 11 is 6.44. The summed E-state index contributed by atoms with van der Waals surface area (Å²) in [4.78, 5) is 4.81. The Balaban J connectivity index is 2.25. The third kappa shape index (κ3) is 2.90. The van der Waals surface area contributed by atoms with Crippen LogP contribution in [-0.4, -0.2) is 23.8 Å². The predicted octanol–water partition coefficient (Wildman–Crippen LogP) is 4.41. The molecule has 2 aromatic carbocycles. The van der Waals surface area contributed by atoms with Crippen LogP contribution in [0.4, 0.5) is 0 Å². The van der Waals surface area contributed by atoms with E-state index in [4.69, 9.17) is 21.3 Å². The zero-order valence-electron chi connectivity index (χ0n) is 13.1. The Hall–Kier alpha value is -2.10. The summed E-state index contributed by atoms with van der Waals surface area (Å²) in [7, 11) is 1.60. The van der Waals surface area contributed by atoms with Crippen molar-refractivity contribution >= 4 is 22.5 Å². The number of aliphatic hydroxyl groups excluding tert-OH is 1. The largest absolute Gasteiger partial charge is 0.495 e. The molecule has 1 heterocycles. The van der Waals surface area contributed by atoms with Crippen molar-refractivity contribution in [3.8, 4) is 17.0 Å². The van der Waals surface area contributed by atoms with Crippen LogP contribution in [0.1, 0.15) is 11.1 Å². The van der Waals surface area contributed by atoms with Gasteiger partial charge < -0.3 is 9.84 Å². The van der Waals surface area contributed by atoms with Gasteiger partial charge >= 0.3 is 0 Å². The van der Waals surface area contributed by atoms with E-state index in [2.05, 4.69) is 13.0 Å². The van der Waals surface area contributed by atoms with Crippen LogP contribution in [0.15, 0.2) is 42.5 Å². The van der Waals surface area contributed by atoms with Gasteiger partial charge in [0.25, 0.3) is 0 Å². The second kappa shape index (κ2) is 6.57. The Kier molecular flexibility index (Phi) is 4.51. The van der Waals surface area contributed by atoms with Gasteiger partial charge in [-0.2, -0.15) is 0 Å². The number of hydrogen-bond acceptors (Lipinski definition) is 3. The molecule has 0 saturated heterocycles. The highest BCUT2D eigenvalue weighted by molar-refractivity contribution is 6.34. The second-order valence-electron chi connectivity index (χ2n) is 5.43. The number of aliphatic hydroxyl groups is 1. The minimum absolute atomic E-state index is 0.101. The highest BCUT2D eigenvalue weighted by Gasteiger charge is 2.13. The van der Waals surface area contributed by atoms with Gasteiger partial charge in [-0.3, -0.25) is 0 Å². The molecule has 118 valence electrons. The monoisotopic (exact) mass is 327 g/mol. The third-order valence-electron chi connectivity index (χ3n) is 3.97. The first-order valence-electron chi connectivity index (χ1n) is 7.48. The summed E-state index contributed by atoms with van der Waals surface area (Å²) in [6.45, 7) is 2.16. The number of hydrogen-bond donors (Lipinski definition) is 1. The van der Waals surface area contributed by atoms with E-state index in [1.165, 1.54) is 0 Å². The first-order chi connectivity index (χ1) is 11.2. The van der Waals surface area contributed by atoms with Crippen molar-refractivity contribution in [2.45, 2.75) is 13.3 Å². The van der Waals surface area contributed by atoms with Gasteiger partial charge in [-0.15, -0.1) is 0 Å². The molecule has 0 bridgehead atoms. The molecule has 3 rings (SSSR count). The highest BCUT2D eigenvalue weighted by Crippen LogP contribution is 2.36. The lowest BCUT2D eigenvalue weighted by Crippen LogP contribution is -1.97. The van der Waals surface area contributed by atoms with Crippen molar-refractivity contribution in [3.63, 3.8) is 0 Å². The Morgan fingerprint density at radius 1 is 1.17 bits per heavy atom. The van der Waals surface area contributed by atoms with E-state index in [1.54, 1.807) is 7.11 Å². The first kappa shape index (κ1) is 15.8. The van der Waals surface area contributed by atoms with Gasteiger partial charge in [0.05, 0.1) is 23.3 Å². The molecule has 0 atom stereocenters. The van der Waals surface area contributed by atoms with E-state index >= 15 is 0 Å². The minimum Gasteiger partial charge on any atom is -0.495 e. The lowest BCUT2D eigenvalue weighted by molar-refractivity contribution is 0.300. The maximum atomic E-state index is 9.28. The summed E-state index contributed by atoms with van der Waals surface area (Å²) < 4.78 is 5.29. The number of halogens is 1. The van der Waals surface area contributed by atoms with Gasteiger partial charge in [0, 0.05) is 17.6 Å². The quantitative estimate of drug-likeness (QED) is 0.772. The Morgan fingerprint density at radius 3 is 2.70 bits per heavy atom. The van der Waals surface area contributed by atoms with E-state index in [1.807, 2.05) is 36.4 Å². The zero-order chi connectivity index (χ0) is 16.4. The summed E-state index contributed by atoms with van der Waals surface area (Å²) in [5.74, 6) is 0.632. The van der Waals surface area contributed by atoms with Gasteiger partial charge in [0.2, 0.25) is 0 Å². The lowest BCUT2D eigenvalue weighted by atomic mass is 10.0. The van der Waals surface area contributed by atoms with Crippen molar-refractivity contribution in [3.05, 3.63) is 58.6 Å². The number of pyridine rings is 1. The summed E-state index contributed by atoms with van der Waals surface area (Å²) in [6, 6.07) is 13.8. The maximum Gasteiger partial charge on any atom is 0.138 e. The molecule has 0 aliphatic carbocycles. The third-order valence-corrected chi connectivity index (χ3v) is 4.36. The van der Waals surface area contributed by atoms with E-state index in [0.717, 1.165) is 33.3 Å². The van der Waals surface area contributed by atoms with Crippen molar-refractivity contribution in [1.29, 1.82) is 0 Å². The number of benzene rings is 2. The molecule has 0 fully saturated rings. The summed E-state index contributed by atoms with van der Waals surface area (Å²) in [5, 5.41) is 10.9. The van der Waals surface area contributed by atoms with E-state index in [-0.39, 0.29) is 6.61 Å². The van der Waals surface area contributed by atoms with Crippen LogP contribution in [-0.2, 0) is 6.42 Å². The van der Waals surface area contributed by atoms with Crippen LogP contribution in [0.2, 0.25) is 5.02 Å². The molecule has 0 spiro atoms. The fraction of sp³-hybridized carbons (Fsp3) is 0.211. The Bertz CT molecular complexity index is 861. The maximum absolute atomic E-state index is 9.28. The molecule has 0 aliphatic heterocycles. The van der Waals surface area contributed by atoms with Gasteiger partial charge in [-0.05, 0) is 36.6 Å². The minimum atomic E-state index is 0.101. The number of para-hydroxylation sites is 1. The molecule has 1 aromatic heterocycles. The number of fused-ring (bicyclic) bond motifs is 1.